The highest BCUT2D eigenvalue weighted by Crippen LogP contribution is 2.37. The summed E-state index contributed by atoms with van der Waals surface area (Å²) in [5, 5.41) is 0. The van der Waals surface area contributed by atoms with E-state index in [1.165, 1.54) is 5.56 Å². The van der Waals surface area contributed by atoms with Crippen LogP contribution in [0, 0.1) is 18.3 Å². The van der Waals surface area contributed by atoms with E-state index in [0.717, 1.165) is 12.0 Å². The van der Waals surface area contributed by atoms with Crippen LogP contribution in [0.2, 0.25) is 0 Å². The van der Waals surface area contributed by atoms with Gasteiger partial charge in [0.15, 0.2) is 11.6 Å². The van der Waals surface area contributed by atoms with Gasteiger partial charge in [-0.2, -0.15) is 0 Å². The minimum atomic E-state index is -0.453. The first kappa shape index (κ1) is 15.7. The number of allylic oxidation sites excluding steroid dienone is 2. The van der Waals surface area contributed by atoms with E-state index in [0.29, 0.717) is 18.4 Å². The van der Waals surface area contributed by atoms with Gasteiger partial charge in [-0.1, -0.05) is 56.7 Å². The molecule has 21 heavy (non-hydrogen) atoms. The normalized spacial score (nSPS) is 24.2. The molecule has 1 unspecified atom stereocenters. The molecule has 0 N–H and O–H groups in total. The third-order valence-corrected chi connectivity index (χ3v) is 4.83. The molecule has 1 saturated carbocycles. The summed E-state index contributed by atoms with van der Waals surface area (Å²) in [7, 11) is 0. The van der Waals surface area contributed by atoms with Crippen LogP contribution in [-0.2, 0) is 16.0 Å². The molecular formula is C19H24O2. The van der Waals surface area contributed by atoms with E-state index in [4.69, 9.17) is 0 Å². The van der Waals surface area contributed by atoms with Gasteiger partial charge in [0.05, 0.1) is 5.57 Å². The standard InChI is InChI=1S/C19H24O2/c1-13-5-8-15(9-6-13)10-11-16-17(20)12-7-14(2)19(3,4)18(16)21/h5-6,8-9,11,14H,7,10,12H2,1-4H3/b16-11+. The van der Waals surface area contributed by atoms with Crippen LogP contribution in [0.1, 0.15) is 44.7 Å². The summed E-state index contributed by atoms with van der Waals surface area (Å²) in [6.45, 7) is 8.02. The highest BCUT2D eigenvalue weighted by atomic mass is 16.2. The number of benzene rings is 1. The molecule has 112 valence electrons. The first-order chi connectivity index (χ1) is 9.82. The van der Waals surface area contributed by atoms with Crippen molar-refractivity contribution < 1.29 is 9.59 Å². The van der Waals surface area contributed by atoms with Gasteiger partial charge >= 0.3 is 0 Å². The molecule has 0 heterocycles. The highest BCUT2D eigenvalue weighted by Gasteiger charge is 2.40. The minimum absolute atomic E-state index is 0.00420. The van der Waals surface area contributed by atoms with Crippen molar-refractivity contribution >= 4 is 11.6 Å². The SMILES string of the molecule is Cc1ccc(C/C=C2\C(=O)CCC(C)C(C)(C)C2=O)cc1. The molecular weight excluding hydrogens is 260 g/mol. The second kappa shape index (κ2) is 5.97. The number of carbonyl (C=O) groups is 2. The minimum Gasteiger partial charge on any atom is -0.294 e. The number of hydrogen-bond donors (Lipinski definition) is 0. The van der Waals surface area contributed by atoms with Gasteiger partial charge in [-0.25, -0.2) is 0 Å². The van der Waals surface area contributed by atoms with Crippen molar-refractivity contribution in [2.75, 3.05) is 0 Å². The van der Waals surface area contributed by atoms with Crippen LogP contribution < -0.4 is 0 Å². The van der Waals surface area contributed by atoms with Crippen molar-refractivity contribution in [2.45, 2.75) is 47.0 Å². The fourth-order valence-electron chi connectivity index (χ4n) is 2.69. The predicted octanol–water partition coefficient (Wildman–Crippen LogP) is 4.06. The molecule has 2 nitrogen and oxygen atoms in total. The first-order valence-electron chi connectivity index (χ1n) is 7.66. The van der Waals surface area contributed by atoms with E-state index < -0.39 is 5.41 Å². The molecule has 0 spiro atoms. The molecule has 0 bridgehead atoms. The zero-order valence-electron chi connectivity index (χ0n) is 13.4. The van der Waals surface area contributed by atoms with Gasteiger partial charge in [-0.05, 0) is 31.2 Å². The van der Waals surface area contributed by atoms with Gasteiger partial charge in [0.1, 0.15) is 0 Å². The Hall–Kier alpha value is -1.70. The summed E-state index contributed by atoms with van der Waals surface area (Å²) in [6.07, 6.45) is 3.74. The van der Waals surface area contributed by atoms with E-state index in [1.54, 1.807) is 0 Å². The second-order valence-corrected chi connectivity index (χ2v) is 6.72. The third kappa shape index (κ3) is 3.31. The van der Waals surface area contributed by atoms with E-state index in [9.17, 15) is 9.59 Å². The summed E-state index contributed by atoms with van der Waals surface area (Å²) in [5.74, 6) is 0.244. The Morgan fingerprint density at radius 1 is 1.19 bits per heavy atom. The Balaban J connectivity index is 2.26. The largest absolute Gasteiger partial charge is 0.294 e. The van der Waals surface area contributed by atoms with Gasteiger partial charge in [-0.3, -0.25) is 9.59 Å². The zero-order chi connectivity index (χ0) is 15.6. The molecule has 1 fully saturated rings. The molecule has 0 amide bonds. The molecule has 2 heteroatoms. The van der Waals surface area contributed by atoms with Crippen LogP contribution >= 0.6 is 0 Å². The van der Waals surface area contributed by atoms with Crippen LogP contribution in [0.3, 0.4) is 0 Å². The first-order valence-corrected chi connectivity index (χ1v) is 7.66. The van der Waals surface area contributed by atoms with Gasteiger partial charge in [0.25, 0.3) is 0 Å². The van der Waals surface area contributed by atoms with E-state index in [2.05, 4.69) is 19.1 Å². The molecule has 0 aliphatic heterocycles. The van der Waals surface area contributed by atoms with Crippen LogP contribution in [0.25, 0.3) is 0 Å². The van der Waals surface area contributed by atoms with E-state index in [1.807, 2.05) is 39.0 Å². The Morgan fingerprint density at radius 2 is 1.81 bits per heavy atom. The van der Waals surface area contributed by atoms with Crippen molar-refractivity contribution in [3.8, 4) is 0 Å². The molecule has 0 radical (unpaired) electrons. The number of Topliss-reactive ketones (excluding diaryl/α,β-unsaturated/α-hetero) is 2. The summed E-state index contributed by atoms with van der Waals surface area (Å²) in [4.78, 5) is 24.9. The molecule has 1 atom stereocenters. The molecule has 0 saturated heterocycles. The molecule has 2 rings (SSSR count). The number of rotatable bonds is 2. The Labute approximate surface area is 127 Å². The number of ketones is 2. The van der Waals surface area contributed by atoms with Crippen molar-refractivity contribution in [1.82, 2.24) is 0 Å². The van der Waals surface area contributed by atoms with E-state index in [-0.39, 0.29) is 17.5 Å². The monoisotopic (exact) mass is 284 g/mol. The number of hydrogen-bond acceptors (Lipinski definition) is 2. The molecule has 0 aromatic heterocycles. The molecule has 1 aromatic rings. The maximum absolute atomic E-state index is 12.7. The van der Waals surface area contributed by atoms with Crippen LogP contribution in [-0.4, -0.2) is 11.6 Å². The highest BCUT2D eigenvalue weighted by molar-refractivity contribution is 6.22. The predicted molar refractivity (Wildman–Crippen MR) is 85.2 cm³/mol. The maximum Gasteiger partial charge on any atom is 0.171 e. The lowest BCUT2D eigenvalue weighted by Gasteiger charge is -2.27. The Bertz CT molecular complexity index is 576. The zero-order valence-corrected chi connectivity index (χ0v) is 13.4. The lowest BCUT2D eigenvalue weighted by Crippen LogP contribution is -2.31. The van der Waals surface area contributed by atoms with Crippen LogP contribution in [0.5, 0.6) is 0 Å². The quantitative estimate of drug-likeness (QED) is 0.466. The van der Waals surface area contributed by atoms with Crippen molar-refractivity contribution in [3.05, 3.63) is 47.0 Å². The van der Waals surface area contributed by atoms with Gasteiger partial charge in [0.2, 0.25) is 0 Å². The van der Waals surface area contributed by atoms with Crippen LogP contribution in [0.4, 0.5) is 0 Å². The van der Waals surface area contributed by atoms with Crippen molar-refractivity contribution in [3.63, 3.8) is 0 Å². The second-order valence-electron chi connectivity index (χ2n) is 6.72. The third-order valence-electron chi connectivity index (χ3n) is 4.83. The van der Waals surface area contributed by atoms with Gasteiger partial charge in [-0.15, -0.1) is 0 Å². The fraction of sp³-hybridized carbons (Fsp3) is 0.474. The summed E-state index contributed by atoms with van der Waals surface area (Å²) >= 11 is 0. The lowest BCUT2D eigenvalue weighted by molar-refractivity contribution is -0.126. The van der Waals surface area contributed by atoms with E-state index >= 15 is 0 Å². The lowest BCUT2D eigenvalue weighted by atomic mass is 9.74. The summed E-state index contributed by atoms with van der Waals surface area (Å²) < 4.78 is 0. The van der Waals surface area contributed by atoms with Crippen molar-refractivity contribution in [2.24, 2.45) is 11.3 Å². The number of aryl methyl sites for hydroxylation is 1. The summed E-state index contributed by atoms with van der Waals surface area (Å²) in [5.41, 5.74) is 2.29. The maximum atomic E-state index is 12.7. The average molecular weight is 284 g/mol. The Kier molecular flexibility index (Phi) is 4.46. The Morgan fingerprint density at radius 3 is 2.43 bits per heavy atom. The molecule has 1 aliphatic carbocycles. The fourth-order valence-corrected chi connectivity index (χ4v) is 2.69. The van der Waals surface area contributed by atoms with Gasteiger partial charge < -0.3 is 0 Å². The average Bonchev–Trinajstić information content (AvgIpc) is 2.51. The molecule has 1 aliphatic rings. The van der Waals surface area contributed by atoms with Gasteiger partial charge in [0, 0.05) is 11.8 Å². The molecule has 1 aromatic carbocycles. The smallest absolute Gasteiger partial charge is 0.171 e. The van der Waals surface area contributed by atoms with Crippen LogP contribution in [0.15, 0.2) is 35.9 Å². The summed E-state index contributed by atoms with van der Waals surface area (Å²) in [6, 6.07) is 8.20. The number of carbonyl (C=O) groups excluding carboxylic acids is 2. The van der Waals surface area contributed by atoms with Crippen molar-refractivity contribution in [1.29, 1.82) is 0 Å². The topological polar surface area (TPSA) is 34.1 Å².